The Kier molecular flexibility index (Phi) is 11.8. The first kappa shape index (κ1) is 37.9. The highest BCUT2D eigenvalue weighted by Crippen LogP contribution is 2.72. The maximum absolute atomic E-state index is 14.2. The van der Waals surface area contributed by atoms with E-state index in [1.807, 2.05) is 20.9 Å². The van der Waals surface area contributed by atoms with Crippen molar-refractivity contribution in [3.05, 3.63) is 47.7 Å². The number of nitrogens with one attached hydrogen (secondary N) is 1. The average molecular weight is 667 g/mol. The number of halogens is 4. The topological polar surface area (TPSA) is 95.8 Å². The van der Waals surface area contributed by atoms with Gasteiger partial charge in [-0.15, -0.1) is 0 Å². The van der Waals surface area contributed by atoms with Gasteiger partial charge in [0.25, 0.3) is 0 Å². The van der Waals surface area contributed by atoms with E-state index in [2.05, 4.69) is 43.9 Å². The molecule has 3 aliphatic carbocycles. The minimum Gasteiger partial charge on any atom is -0.481 e. The molecular formula is C36H50ClF3N2O4. The maximum Gasteiger partial charge on any atom is 0.416 e. The number of carboxylic acids is 1. The second-order valence-electron chi connectivity index (χ2n) is 14.6. The number of rotatable bonds is 15. The summed E-state index contributed by atoms with van der Waals surface area (Å²) in [5.41, 5.74) is -1.31. The summed E-state index contributed by atoms with van der Waals surface area (Å²) in [7, 11) is 1.92. The Morgan fingerprint density at radius 1 is 1.15 bits per heavy atom. The molecule has 3 saturated carbocycles. The number of Topliss-reactive ketones (excluding diaryl/α,β-unsaturated/α-hetero) is 2. The van der Waals surface area contributed by atoms with Crippen LogP contribution in [-0.2, 0) is 14.4 Å². The molecule has 0 radical (unpaired) electrons. The van der Waals surface area contributed by atoms with E-state index < -0.39 is 46.7 Å². The smallest absolute Gasteiger partial charge is 0.416 e. The summed E-state index contributed by atoms with van der Waals surface area (Å²) in [5, 5.41) is 12.9. The molecule has 8 atom stereocenters. The van der Waals surface area contributed by atoms with Crippen LogP contribution in [0.25, 0.3) is 0 Å². The van der Waals surface area contributed by atoms with E-state index in [0.29, 0.717) is 37.3 Å². The van der Waals surface area contributed by atoms with Crippen LogP contribution >= 0.6 is 11.6 Å². The molecule has 0 aromatic carbocycles. The Morgan fingerprint density at radius 2 is 1.78 bits per heavy atom. The molecule has 10 heteroatoms. The number of fused-ring (bicyclic) bond motifs is 1. The molecule has 0 heterocycles. The van der Waals surface area contributed by atoms with Gasteiger partial charge in [-0.05, 0) is 93.9 Å². The molecule has 3 fully saturated rings. The maximum atomic E-state index is 14.2. The van der Waals surface area contributed by atoms with Crippen molar-refractivity contribution in [1.29, 1.82) is 0 Å². The number of aliphatic carboxylic acids is 1. The minimum absolute atomic E-state index is 0.0147. The molecule has 3 rings (SSSR count). The first-order valence-electron chi connectivity index (χ1n) is 16.2. The average Bonchev–Trinajstić information content (AvgIpc) is 3.22. The van der Waals surface area contributed by atoms with Gasteiger partial charge in [0.2, 0.25) is 0 Å². The summed E-state index contributed by atoms with van der Waals surface area (Å²) in [6.45, 7) is 20.4. The first-order valence-corrected chi connectivity index (χ1v) is 16.6. The number of aliphatic imine (C=N–C) groups is 1. The van der Waals surface area contributed by atoms with Crippen molar-refractivity contribution in [2.75, 3.05) is 7.05 Å². The van der Waals surface area contributed by atoms with E-state index in [1.165, 1.54) is 0 Å². The summed E-state index contributed by atoms with van der Waals surface area (Å²) in [5.74, 6) is -3.00. The van der Waals surface area contributed by atoms with E-state index in [9.17, 15) is 32.7 Å². The number of nitrogens with zero attached hydrogens (tertiary/aromatic N) is 1. The highest BCUT2D eigenvalue weighted by atomic mass is 35.5. The van der Waals surface area contributed by atoms with E-state index in [4.69, 9.17) is 11.6 Å². The molecule has 0 spiro atoms. The van der Waals surface area contributed by atoms with Gasteiger partial charge in [-0.3, -0.25) is 19.4 Å². The van der Waals surface area contributed by atoms with Crippen LogP contribution in [0, 0.1) is 46.8 Å². The molecule has 6 nitrogen and oxygen atoms in total. The number of carbonyl (C=O) groups excluding carboxylic acids is 2. The Hall–Kier alpha value is -2.52. The Bertz CT molecular complexity index is 1330. The molecule has 0 bridgehead atoms. The standard InChI is InChI=1S/C36H50ClF3N2O4/c1-19-14-25(10-11-27(19)33(45)46)15-20(2)42-18-29(23(5)36(38,39)40)32(44)28(12-13-30(43)21(3)24(6)37)22(4)26-16-31-34(7,8)35(31,17-26)41-9/h18-19,22,25-28,31,41H,3,5-6,10-17H2,1-2,4,7-9H3,(H,45,46)/b29-18+,42-20?. The van der Waals surface area contributed by atoms with Crippen molar-refractivity contribution in [3.8, 4) is 0 Å². The van der Waals surface area contributed by atoms with Crippen molar-refractivity contribution >= 4 is 34.8 Å². The molecule has 3 aliphatic rings. The van der Waals surface area contributed by atoms with Crippen molar-refractivity contribution in [2.45, 2.75) is 97.7 Å². The van der Waals surface area contributed by atoms with Gasteiger partial charge in [0.1, 0.15) is 0 Å². The summed E-state index contributed by atoms with van der Waals surface area (Å²) in [6.07, 6.45) is 0.0251. The number of carboxylic acid groups (broad SMARTS) is 1. The number of allylic oxidation sites excluding steroid dienone is 4. The van der Waals surface area contributed by atoms with Gasteiger partial charge < -0.3 is 10.4 Å². The van der Waals surface area contributed by atoms with Gasteiger partial charge in [-0.1, -0.05) is 59.0 Å². The van der Waals surface area contributed by atoms with Crippen molar-refractivity contribution < 1.29 is 32.7 Å². The second-order valence-corrected chi connectivity index (χ2v) is 15.0. The van der Waals surface area contributed by atoms with Crippen LogP contribution in [0.4, 0.5) is 13.2 Å². The monoisotopic (exact) mass is 666 g/mol. The van der Waals surface area contributed by atoms with Crippen LogP contribution in [-0.4, -0.2) is 47.1 Å². The predicted molar refractivity (Wildman–Crippen MR) is 176 cm³/mol. The van der Waals surface area contributed by atoms with Gasteiger partial charge >= 0.3 is 12.1 Å². The van der Waals surface area contributed by atoms with E-state index in [-0.39, 0.29) is 58.1 Å². The lowest BCUT2D eigenvalue weighted by Crippen LogP contribution is -2.36. The normalized spacial score (nSPS) is 30.6. The molecule has 0 aromatic heterocycles. The highest BCUT2D eigenvalue weighted by Gasteiger charge is 2.74. The highest BCUT2D eigenvalue weighted by molar-refractivity contribution is 6.35. The largest absolute Gasteiger partial charge is 0.481 e. The Balaban J connectivity index is 1.91. The molecule has 2 N–H and O–H groups in total. The summed E-state index contributed by atoms with van der Waals surface area (Å²) in [4.78, 5) is 42.9. The van der Waals surface area contributed by atoms with Gasteiger partial charge in [0.15, 0.2) is 11.6 Å². The fourth-order valence-electron chi connectivity index (χ4n) is 8.56. The lowest BCUT2D eigenvalue weighted by atomic mass is 9.72. The number of carbonyl (C=O) groups is 3. The van der Waals surface area contributed by atoms with Crippen LogP contribution in [0.5, 0.6) is 0 Å². The second kappa shape index (κ2) is 14.3. The van der Waals surface area contributed by atoms with Crippen LogP contribution in [0.2, 0.25) is 0 Å². The quantitative estimate of drug-likeness (QED) is 0.104. The number of alkyl halides is 3. The minimum atomic E-state index is -4.86. The van der Waals surface area contributed by atoms with Gasteiger partial charge in [-0.25, -0.2) is 0 Å². The molecular weight excluding hydrogens is 617 g/mol. The summed E-state index contributed by atoms with van der Waals surface area (Å²) in [6, 6.07) is 0. The third kappa shape index (κ3) is 7.78. The van der Waals surface area contributed by atoms with Crippen LogP contribution in [0.15, 0.2) is 52.7 Å². The third-order valence-corrected chi connectivity index (χ3v) is 11.9. The molecule has 256 valence electrons. The SMILES string of the molecule is C=C(Cl)C(=C)C(=O)CCC(C(=O)/C(=C/N=C(C)CC1CCC(C(=O)O)C(C)C1)C(=C)C(F)(F)F)C(C)C1CC2C(C)(C)C2(NC)C1. The fraction of sp³-hybridized carbons (Fsp3) is 0.667. The molecule has 0 aromatic rings. The number of ketones is 2. The van der Waals surface area contributed by atoms with Crippen molar-refractivity contribution in [1.82, 2.24) is 5.32 Å². The van der Waals surface area contributed by atoms with E-state index >= 15 is 0 Å². The van der Waals surface area contributed by atoms with E-state index in [1.54, 1.807) is 6.92 Å². The molecule has 0 amide bonds. The molecule has 0 aliphatic heterocycles. The zero-order valence-corrected chi connectivity index (χ0v) is 28.8. The zero-order valence-electron chi connectivity index (χ0n) is 28.0. The van der Waals surface area contributed by atoms with Gasteiger partial charge in [0.05, 0.1) is 11.5 Å². The van der Waals surface area contributed by atoms with Gasteiger partial charge in [-0.2, -0.15) is 13.2 Å². The van der Waals surface area contributed by atoms with E-state index in [0.717, 1.165) is 19.0 Å². The van der Waals surface area contributed by atoms with Crippen LogP contribution < -0.4 is 5.32 Å². The molecule has 46 heavy (non-hydrogen) atoms. The van der Waals surface area contributed by atoms with Crippen LogP contribution in [0.1, 0.15) is 86.0 Å². The predicted octanol–water partition coefficient (Wildman–Crippen LogP) is 8.48. The fourth-order valence-corrected chi connectivity index (χ4v) is 8.67. The lowest BCUT2D eigenvalue weighted by Gasteiger charge is -2.33. The van der Waals surface area contributed by atoms with Gasteiger partial charge in [0, 0.05) is 46.0 Å². The lowest BCUT2D eigenvalue weighted by molar-refractivity contribution is -0.145. The molecule has 8 unspecified atom stereocenters. The van der Waals surface area contributed by atoms with Crippen LogP contribution in [0.3, 0.4) is 0 Å². The Labute approximate surface area is 276 Å². The Morgan fingerprint density at radius 3 is 2.28 bits per heavy atom. The number of hydrogen-bond donors (Lipinski definition) is 2. The van der Waals surface area contributed by atoms with Crippen molar-refractivity contribution in [2.24, 2.45) is 51.8 Å². The number of hydrogen-bond acceptors (Lipinski definition) is 5. The molecule has 0 saturated heterocycles. The third-order valence-electron chi connectivity index (χ3n) is 11.7. The zero-order chi connectivity index (χ0) is 34.9. The summed E-state index contributed by atoms with van der Waals surface area (Å²) >= 11 is 5.88. The first-order chi connectivity index (χ1) is 21.2. The van der Waals surface area contributed by atoms with Crippen molar-refractivity contribution in [3.63, 3.8) is 0 Å². The summed E-state index contributed by atoms with van der Waals surface area (Å²) < 4.78 is 42.4.